The smallest absolute Gasteiger partial charge is 0.118 e. The van der Waals surface area contributed by atoms with E-state index >= 15 is 0 Å². The van der Waals surface area contributed by atoms with E-state index < -0.39 is 0 Å². The molecule has 0 fully saturated rings. The average Bonchev–Trinajstić information content (AvgIpc) is 2.97. The van der Waals surface area contributed by atoms with Crippen LogP contribution in [-0.2, 0) is 35.5 Å². The predicted molar refractivity (Wildman–Crippen MR) is 175 cm³/mol. The normalized spacial score (nSPS) is 12.5. The first-order chi connectivity index (χ1) is 19.7. The predicted octanol–water partition coefficient (Wildman–Crippen LogP) is 9.47. The van der Waals surface area contributed by atoms with Crippen LogP contribution >= 0.6 is 0 Å². The van der Waals surface area contributed by atoms with Crippen molar-refractivity contribution >= 4 is 0 Å². The first kappa shape index (κ1) is 31.2. The van der Waals surface area contributed by atoms with Gasteiger partial charge in [-0.05, 0) is 87.5 Å². The fourth-order valence-electron chi connectivity index (χ4n) is 5.98. The van der Waals surface area contributed by atoms with Crippen LogP contribution in [0.15, 0.2) is 72.8 Å². The first-order valence-electron chi connectivity index (χ1n) is 15.3. The van der Waals surface area contributed by atoms with Crippen LogP contribution in [0.4, 0.5) is 0 Å². The Morgan fingerprint density at radius 2 is 0.619 bits per heavy atom. The van der Waals surface area contributed by atoms with E-state index in [1.807, 2.05) is 36.4 Å². The lowest BCUT2D eigenvalue weighted by Crippen LogP contribution is -2.27. The Labute approximate surface area is 252 Å². The Kier molecular flexibility index (Phi) is 8.56. The minimum absolute atomic E-state index is 0.332. The van der Waals surface area contributed by atoms with E-state index in [1.54, 1.807) is 0 Å². The maximum absolute atomic E-state index is 10.4. The van der Waals surface area contributed by atoms with Gasteiger partial charge in [0.25, 0.3) is 0 Å². The highest BCUT2D eigenvalue weighted by molar-refractivity contribution is 5.53. The zero-order chi connectivity index (χ0) is 31.0. The van der Waals surface area contributed by atoms with Gasteiger partial charge in [-0.3, -0.25) is 0 Å². The maximum atomic E-state index is 10.4. The van der Waals surface area contributed by atoms with Gasteiger partial charge < -0.3 is 15.3 Å². The maximum Gasteiger partial charge on any atom is 0.118 e. The van der Waals surface area contributed by atoms with Crippen molar-refractivity contribution in [2.24, 2.45) is 0 Å². The second-order valence-electron chi connectivity index (χ2n) is 13.3. The number of rotatable bonds is 9. The Bertz CT molecular complexity index is 1390. The van der Waals surface area contributed by atoms with Crippen molar-refractivity contribution < 1.29 is 15.3 Å². The summed E-state index contributed by atoms with van der Waals surface area (Å²) >= 11 is 0. The largest absolute Gasteiger partial charge is 0.508 e. The van der Waals surface area contributed by atoms with Crippen molar-refractivity contribution in [3.05, 3.63) is 123 Å². The molecule has 0 atom stereocenters. The molecule has 0 aliphatic rings. The van der Waals surface area contributed by atoms with E-state index in [-0.39, 0.29) is 16.2 Å². The molecule has 0 saturated heterocycles. The molecule has 4 rings (SSSR count). The second kappa shape index (κ2) is 11.5. The summed E-state index contributed by atoms with van der Waals surface area (Å²) in [5, 5.41) is 31.2. The van der Waals surface area contributed by atoms with Crippen LogP contribution in [-0.4, -0.2) is 15.3 Å². The number of benzene rings is 4. The van der Waals surface area contributed by atoms with Crippen LogP contribution in [0.1, 0.15) is 112 Å². The fraction of sp³-hybridized carbons (Fsp3) is 0.385. The molecule has 0 aliphatic heterocycles. The number of phenolic OH excluding ortho intramolecular Hbond substituents is 3. The molecule has 3 nitrogen and oxygen atoms in total. The molecule has 0 aromatic heterocycles. The number of aromatic hydroxyl groups is 3. The van der Waals surface area contributed by atoms with Gasteiger partial charge in [0.05, 0.1) is 0 Å². The van der Waals surface area contributed by atoms with E-state index in [0.29, 0.717) is 17.2 Å². The summed E-state index contributed by atoms with van der Waals surface area (Å²) in [5.41, 5.74) is 8.93. The zero-order valence-corrected chi connectivity index (χ0v) is 26.9. The molecule has 4 aromatic rings. The standard InChI is InChI=1S/C39H48O3/c1-10-25-19-28(13-16-34(25)40)37(4,5)31-22-32(38(6,7)29-14-17-35(41)26(11-2)20-29)24-33(23-31)39(8,9)30-15-18-36(42)27(12-3)21-30/h13-24,40-42H,10-12H2,1-9H3. The summed E-state index contributed by atoms with van der Waals surface area (Å²) < 4.78 is 0. The lowest BCUT2D eigenvalue weighted by atomic mass is 9.69. The highest BCUT2D eigenvalue weighted by Gasteiger charge is 2.33. The molecule has 0 radical (unpaired) electrons. The van der Waals surface area contributed by atoms with Gasteiger partial charge in [-0.2, -0.15) is 0 Å². The van der Waals surface area contributed by atoms with Gasteiger partial charge >= 0.3 is 0 Å². The van der Waals surface area contributed by atoms with E-state index in [4.69, 9.17) is 0 Å². The first-order valence-corrected chi connectivity index (χ1v) is 15.3. The molecule has 0 bridgehead atoms. The summed E-state index contributed by atoms with van der Waals surface area (Å²) in [4.78, 5) is 0. The number of aryl methyl sites for hydroxylation is 3. The van der Waals surface area contributed by atoms with Gasteiger partial charge in [0.1, 0.15) is 17.2 Å². The molecule has 0 aliphatic carbocycles. The third kappa shape index (κ3) is 5.67. The van der Waals surface area contributed by atoms with E-state index in [2.05, 4.69) is 98.7 Å². The van der Waals surface area contributed by atoms with Crippen molar-refractivity contribution in [3.8, 4) is 17.2 Å². The molecular weight excluding hydrogens is 516 g/mol. The van der Waals surface area contributed by atoms with Gasteiger partial charge in [-0.15, -0.1) is 0 Å². The van der Waals surface area contributed by atoms with Gasteiger partial charge in [-0.1, -0.05) is 117 Å². The highest BCUT2D eigenvalue weighted by Crippen LogP contribution is 2.43. The molecule has 222 valence electrons. The molecule has 3 N–H and O–H groups in total. The fourth-order valence-corrected chi connectivity index (χ4v) is 5.98. The molecule has 0 amide bonds. The summed E-state index contributed by atoms with van der Waals surface area (Å²) in [7, 11) is 0. The van der Waals surface area contributed by atoms with Crippen molar-refractivity contribution in [2.75, 3.05) is 0 Å². The lowest BCUT2D eigenvalue weighted by molar-refractivity contribution is 0.467. The van der Waals surface area contributed by atoms with Gasteiger partial charge in [0.2, 0.25) is 0 Å². The number of hydrogen-bond donors (Lipinski definition) is 3. The van der Waals surface area contributed by atoms with Crippen LogP contribution in [0, 0.1) is 0 Å². The molecular formula is C39H48O3. The van der Waals surface area contributed by atoms with Crippen molar-refractivity contribution in [3.63, 3.8) is 0 Å². The minimum Gasteiger partial charge on any atom is -0.508 e. The molecule has 0 unspecified atom stereocenters. The third-order valence-electron chi connectivity index (χ3n) is 9.64. The Hall–Kier alpha value is -3.72. The van der Waals surface area contributed by atoms with Gasteiger partial charge in [0, 0.05) is 16.2 Å². The molecule has 3 heteroatoms. The number of phenols is 3. The monoisotopic (exact) mass is 564 g/mol. The molecule has 0 heterocycles. The Morgan fingerprint density at radius 3 is 0.833 bits per heavy atom. The van der Waals surface area contributed by atoms with Crippen molar-refractivity contribution in [2.45, 2.75) is 97.8 Å². The van der Waals surface area contributed by atoms with Crippen LogP contribution < -0.4 is 0 Å². The van der Waals surface area contributed by atoms with Gasteiger partial charge in [0.15, 0.2) is 0 Å². The summed E-state index contributed by atoms with van der Waals surface area (Å²) in [5.74, 6) is 1.02. The van der Waals surface area contributed by atoms with Crippen molar-refractivity contribution in [1.29, 1.82) is 0 Å². The molecule has 0 spiro atoms. The average molecular weight is 565 g/mol. The van der Waals surface area contributed by atoms with Gasteiger partial charge in [-0.25, -0.2) is 0 Å². The van der Waals surface area contributed by atoms with E-state index in [0.717, 1.165) is 52.6 Å². The molecule has 42 heavy (non-hydrogen) atoms. The van der Waals surface area contributed by atoms with Crippen LogP contribution in [0.25, 0.3) is 0 Å². The Morgan fingerprint density at radius 1 is 0.381 bits per heavy atom. The van der Waals surface area contributed by atoms with Crippen molar-refractivity contribution in [1.82, 2.24) is 0 Å². The number of hydrogen-bond acceptors (Lipinski definition) is 3. The third-order valence-corrected chi connectivity index (χ3v) is 9.64. The van der Waals surface area contributed by atoms with Crippen LogP contribution in [0.3, 0.4) is 0 Å². The zero-order valence-electron chi connectivity index (χ0n) is 26.9. The Balaban J connectivity index is 1.98. The quantitative estimate of drug-likeness (QED) is 0.190. The molecule has 4 aromatic carbocycles. The highest BCUT2D eigenvalue weighted by atomic mass is 16.3. The summed E-state index contributed by atoms with van der Waals surface area (Å²) in [6.45, 7) is 19.8. The summed E-state index contributed by atoms with van der Waals surface area (Å²) in [6, 6.07) is 25.0. The van der Waals surface area contributed by atoms with Crippen LogP contribution in [0.5, 0.6) is 17.2 Å². The second-order valence-corrected chi connectivity index (χ2v) is 13.3. The molecule has 0 saturated carbocycles. The van der Waals surface area contributed by atoms with E-state index in [1.165, 1.54) is 16.7 Å². The lowest BCUT2D eigenvalue weighted by Gasteiger charge is -2.35. The topological polar surface area (TPSA) is 60.7 Å². The minimum atomic E-state index is -0.332. The van der Waals surface area contributed by atoms with E-state index in [9.17, 15) is 15.3 Å². The SMILES string of the molecule is CCc1cc(C(C)(C)c2cc(C(C)(C)c3ccc(O)c(CC)c3)cc(C(C)(C)c3ccc(O)c(CC)c3)c2)ccc1O. The summed E-state index contributed by atoms with van der Waals surface area (Å²) in [6.07, 6.45) is 2.30. The van der Waals surface area contributed by atoms with Crippen LogP contribution in [0.2, 0.25) is 0 Å².